The highest BCUT2D eigenvalue weighted by Gasteiger charge is 2.69. The Morgan fingerprint density at radius 3 is 1.96 bits per heavy atom. The highest BCUT2D eigenvalue weighted by Crippen LogP contribution is 2.67. The number of hydrogen-bond acceptors (Lipinski definition) is 3. The predicted molar refractivity (Wildman–Crippen MR) is 101 cm³/mol. The fourth-order valence-corrected chi connectivity index (χ4v) is 6.13. The Morgan fingerprint density at radius 1 is 0.885 bits per heavy atom. The standard InChI is InChI=1S/C23H25NO2/c1-24(2)22-12-17-14-23(22,26-21(25)16-8-4-3-5-9-16)15-18(13-22)20-11-7-6-10-19(17)20/h3-11,17-18H,12-15H2,1-2H3/t17-,18+,22?,23?. The molecular weight excluding hydrogens is 322 g/mol. The zero-order chi connectivity index (χ0) is 17.9. The molecule has 2 unspecified atom stereocenters. The summed E-state index contributed by atoms with van der Waals surface area (Å²) in [6.07, 6.45) is 4.04. The summed E-state index contributed by atoms with van der Waals surface area (Å²) in [5.74, 6) is 0.776. The van der Waals surface area contributed by atoms with Gasteiger partial charge in [0.2, 0.25) is 0 Å². The van der Waals surface area contributed by atoms with Gasteiger partial charge in [-0.15, -0.1) is 0 Å². The molecule has 3 heteroatoms. The largest absolute Gasteiger partial charge is 0.453 e. The molecular formula is C23H25NO2. The first-order chi connectivity index (χ1) is 12.5. The topological polar surface area (TPSA) is 29.5 Å². The van der Waals surface area contributed by atoms with Crippen LogP contribution in [0.2, 0.25) is 0 Å². The highest BCUT2D eigenvalue weighted by atomic mass is 16.6. The van der Waals surface area contributed by atoms with Crippen molar-refractivity contribution in [3.8, 4) is 0 Å². The van der Waals surface area contributed by atoms with E-state index in [9.17, 15) is 4.79 Å². The molecule has 0 heterocycles. The van der Waals surface area contributed by atoms with Crippen LogP contribution < -0.4 is 0 Å². The van der Waals surface area contributed by atoms with E-state index in [-0.39, 0.29) is 11.5 Å². The van der Waals surface area contributed by atoms with Gasteiger partial charge in [-0.3, -0.25) is 4.90 Å². The molecule has 2 aromatic rings. The summed E-state index contributed by atoms with van der Waals surface area (Å²) in [5, 5.41) is 0. The minimum Gasteiger partial charge on any atom is -0.453 e. The van der Waals surface area contributed by atoms with Gasteiger partial charge in [0.15, 0.2) is 0 Å². The Bertz CT molecular complexity index is 823. The molecule has 4 aliphatic carbocycles. The van der Waals surface area contributed by atoms with Gasteiger partial charge in [-0.1, -0.05) is 42.5 Å². The van der Waals surface area contributed by atoms with Crippen molar-refractivity contribution in [1.82, 2.24) is 4.90 Å². The molecule has 2 fully saturated rings. The fourth-order valence-electron chi connectivity index (χ4n) is 6.13. The second kappa shape index (κ2) is 5.43. The van der Waals surface area contributed by atoms with Crippen molar-refractivity contribution < 1.29 is 9.53 Å². The number of carbonyl (C=O) groups excluding carboxylic acids is 1. The molecule has 0 aromatic heterocycles. The van der Waals surface area contributed by atoms with Crippen molar-refractivity contribution in [3.05, 3.63) is 71.3 Å². The summed E-state index contributed by atoms with van der Waals surface area (Å²) in [5.41, 5.74) is 3.16. The van der Waals surface area contributed by atoms with E-state index >= 15 is 0 Å². The number of hydrogen-bond donors (Lipinski definition) is 0. The SMILES string of the molecule is CN(C)C12C[C@H]3CC1(OC(=O)c1ccccc1)C[C@@H](C2)c1ccccc13. The van der Waals surface area contributed by atoms with Crippen LogP contribution in [0.15, 0.2) is 54.6 Å². The summed E-state index contributed by atoms with van der Waals surface area (Å²) in [6.45, 7) is 0. The number of rotatable bonds is 3. The molecule has 0 amide bonds. The van der Waals surface area contributed by atoms with Crippen LogP contribution >= 0.6 is 0 Å². The fraction of sp³-hybridized carbons (Fsp3) is 0.435. The van der Waals surface area contributed by atoms with Gasteiger partial charge >= 0.3 is 5.97 Å². The Balaban J connectivity index is 1.58. The van der Waals surface area contributed by atoms with Crippen LogP contribution in [-0.2, 0) is 4.74 Å². The summed E-state index contributed by atoms with van der Waals surface area (Å²) < 4.78 is 6.41. The van der Waals surface area contributed by atoms with E-state index in [2.05, 4.69) is 43.3 Å². The molecule has 0 saturated heterocycles. The van der Waals surface area contributed by atoms with E-state index in [0.717, 1.165) is 25.7 Å². The maximum absolute atomic E-state index is 13.0. The number of carbonyl (C=O) groups is 1. The normalized spacial score (nSPS) is 34.0. The van der Waals surface area contributed by atoms with Crippen molar-refractivity contribution in [2.45, 2.75) is 48.7 Å². The lowest BCUT2D eigenvalue weighted by atomic mass is 9.84. The molecule has 2 saturated carbocycles. The molecule has 134 valence electrons. The number of benzene rings is 2. The first-order valence-corrected chi connectivity index (χ1v) is 9.59. The van der Waals surface area contributed by atoms with Crippen LogP contribution in [-0.4, -0.2) is 36.1 Å². The van der Waals surface area contributed by atoms with Crippen molar-refractivity contribution >= 4 is 5.97 Å². The lowest BCUT2D eigenvalue weighted by Crippen LogP contribution is -2.57. The smallest absolute Gasteiger partial charge is 0.338 e. The summed E-state index contributed by atoms with van der Waals surface area (Å²) in [6, 6.07) is 18.3. The van der Waals surface area contributed by atoms with Crippen molar-refractivity contribution in [2.75, 3.05) is 14.1 Å². The van der Waals surface area contributed by atoms with E-state index < -0.39 is 5.60 Å². The van der Waals surface area contributed by atoms with Crippen LogP contribution in [0, 0.1) is 0 Å². The van der Waals surface area contributed by atoms with E-state index in [1.54, 1.807) is 0 Å². The summed E-state index contributed by atoms with van der Waals surface area (Å²) in [4.78, 5) is 15.3. The van der Waals surface area contributed by atoms with Gasteiger partial charge in [0.25, 0.3) is 0 Å². The van der Waals surface area contributed by atoms with Crippen LogP contribution in [0.4, 0.5) is 0 Å². The molecule has 6 rings (SSSR count). The van der Waals surface area contributed by atoms with Gasteiger partial charge in [0.05, 0.1) is 11.1 Å². The number of ether oxygens (including phenoxy) is 1. The lowest BCUT2D eigenvalue weighted by molar-refractivity contribution is -0.0746. The van der Waals surface area contributed by atoms with Crippen molar-refractivity contribution in [2.24, 2.45) is 0 Å². The average molecular weight is 347 g/mol. The van der Waals surface area contributed by atoms with E-state index in [1.165, 1.54) is 11.1 Å². The summed E-state index contributed by atoms with van der Waals surface area (Å²) >= 11 is 0. The quantitative estimate of drug-likeness (QED) is 0.773. The monoisotopic (exact) mass is 347 g/mol. The molecule has 0 N–H and O–H groups in total. The van der Waals surface area contributed by atoms with Gasteiger partial charge < -0.3 is 4.74 Å². The summed E-state index contributed by atoms with van der Waals surface area (Å²) in [7, 11) is 4.32. The van der Waals surface area contributed by atoms with Crippen molar-refractivity contribution in [3.63, 3.8) is 0 Å². The molecule has 4 atom stereocenters. The van der Waals surface area contributed by atoms with E-state index in [1.807, 2.05) is 30.3 Å². The maximum Gasteiger partial charge on any atom is 0.338 e. The van der Waals surface area contributed by atoms with Crippen LogP contribution in [0.5, 0.6) is 0 Å². The number of esters is 1. The molecule has 3 nitrogen and oxygen atoms in total. The highest BCUT2D eigenvalue weighted by molar-refractivity contribution is 5.89. The zero-order valence-corrected chi connectivity index (χ0v) is 15.4. The maximum atomic E-state index is 13.0. The molecule has 4 bridgehead atoms. The Morgan fingerprint density at radius 2 is 1.42 bits per heavy atom. The van der Waals surface area contributed by atoms with Crippen LogP contribution in [0.1, 0.15) is 59.0 Å². The minimum atomic E-state index is -0.391. The Hall–Kier alpha value is -2.13. The first-order valence-electron chi connectivity index (χ1n) is 9.59. The second-order valence-electron chi connectivity index (χ2n) is 8.52. The average Bonchev–Trinajstić information content (AvgIpc) is 3.02. The third-order valence-corrected chi connectivity index (χ3v) is 7.20. The molecule has 0 radical (unpaired) electrons. The van der Waals surface area contributed by atoms with Gasteiger partial charge in [-0.25, -0.2) is 4.79 Å². The Labute approximate surface area is 155 Å². The lowest BCUT2D eigenvalue weighted by Gasteiger charge is -2.44. The van der Waals surface area contributed by atoms with Gasteiger partial charge in [-0.05, 0) is 74.9 Å². The van der Waals surface area contributed by atoms with Crippen LogP contribution in [0.3, 0.4) is 0 Å². The Kier molecular flexibility index (Phi) is 3.36. The molecule has 0 aliphatic heterocycles. The second-order valence-corrected chi connectivity index (χ2v) is 8.52. The van der Waals surface area contributed by atoms with E-state index in [4.69, 9.17) is 4.74 Å². The molecule has 0 spiro atoms. The molecule has 26 heavy (non-hydrogen) atoms. The third kappa shape index (κ3) is 2.01. The van der Waals surface area contributed by atoms with Crippen molar-refractivity contribution in [1.29, 1.82) is 0 Å². The molecule has 2 aromatic carbocycles. The number of nitrogens with zero attached hydrogens (tertiary/aromatic N) is 1. The first kappa shape index (κ1) is 16.1. The third-order valence-electron chi connectivity index (χ3n) is 7.20. The van der Waals surface area contributed by atoms with Gasteiger partial charge in [0.1, 0.15) is 5.60 Å². The van der Waals surface area contributed by atoms with Crippen LogP contribution in [0.25, 0.3) is 0 Å². The minimum absolute atomic E-state index is 0.0637. The number of likely N-dealkylation sites (N-methyl/N-ethyl adjacent to an activating group) is 1. The molecule has 4 aliphatic rings. The predicted octanol–water partition coefficient (Wildman–Crippen LogP) is 4.35. The zero-order valence-electron chi connectivity index (χ0n) is 15.4. The van der Waals surface area contributed by atoms with Gasteiger partial charge in [0, 0.05) is 0 Å². The van der Waals surface area contributed by atoms with Gasteiger partial charge in [-0.2, -0.15) is 0 Å². The van der Waals surface area contributed by atoms with E-state index in [0.29, 0.717) is 17.4 Å².